The summed E-state index contributed by atoms with van der Waals surface area (Å²) in [6.45, 7) is 8.36. The van der Waals surface area contributed by atoms with E-state index < -0.39 is 0 Å². The van der Waals surface area contributed by atoms with Gasteiger partial charge in [-0.2, -0.15) is 0 Å². The summed E-state index contributed by atoms with van der Waals surface area (Å²) in [4.78, 5) is 5.21. The molecule has 0 atom stereocenters. The minimum Gasteiger partial charge on any atom is -0.369 e. The molecular formula is C19H27N3. The Hall–Kier alpha value is -1.48. The van der Waals surface area contributed by atoms with Crippen LogP contribution in [0.5, 0.6) is 0 Å². The van der Waals surface area contributed by atoms with Gasteiger partial charge >= 0.3 is 0 Å². The Morgan fingerprint density at radius 2 is 1.86 bits per heavy atom. The Balaban J connectivity index is 1.50. The van der Waals surface area contributed by atoms with Crippen molar-refractivity contribution in [2.24, 2.45) is 13.0 Å². The lowest BCUT2D eigenvalue weighted by Crippen LogP contribution is -2.47. The maximum Gasteiger partial charge on any atom is 0.0501 e. The molecule has 22 heavy (non-hydrogen) atoms. The average molecular weight is 297 g/mol. The van der Waals surface area contributed by atoms with Gasteiger partial charge in [-0.25, -0.2) is 0 Å². The highest BCUT2D eigenvalue weighted by Gasteiger charge is 2.26. The molecule has 4 rings (SSSR count). The number of aryl methyl sites for hydroxylation is 2. The van der Waals surface area contributed by atoms with Gasteiger partial charge in [-0.05, 0) is 42.9 Å². The molecule has 1 saturated carbocycles. The first kappa shape index (κ1) is 14.1. The Bertz CT molecular complexity index is 661. The van der Waals surface area contributed by atoms with Crippen molar-refractivity contribution in [3.8, 4) is 0 Å². The molecule has 0 N–H and O–H groups in total. The molecule has 2 fully saturated rings. The SMILES string of the molecule is CCc1cn(C)c2cc(N3CCN(CC4CC4)CC3)ccc12. The Morgan fingerprint density at radius 1 is 1.09 bits per heavy atom. The number of hydrogen-bond acceptors (Lipinski definition) is 2. The second-order valence-electron chi connectivity index (χ2n) is 7.05. The third-order valence-corrected chi connectivity index (χ3v) is 5.39. The molecule has 1 aromatic carbocycles. The predicted octanol–water partition coefficient (Wildman–Crippen LogP) is 3.27. The van der Waals surface area contributed by atoms with E-state index >= 15 is 0 Å². The van der Waals surface area contributed by atoms with Crippen molar-refractivity contribution in [2.45, 2.75) is 26.2 Å². The second-order valence-corrected chi connectivity index (χ2v) is 7.05. The molecule has 1 saturated heterocycles. The maximum atomic E-state index is 2.66. The Morgan fingerprint density at radius 3 is 2.55 bits per heavy atom. The van der Waals surface area contributed by atoms with E-state index in [1.165, 1.54) is 67.7 Å². The largest absolute Gasteiger partial charge is 0.369 e. The molecule has 1 aromatic heterocycles. The Labute approximate surface area is 133 Å². The van der Waals surface area contributed by atoms with E-state index in [4.69, 9.17) is 0 Å². The van der Waals surface area contributed by atoms with E-state index in [1.54, 1.807) is 0 Å². The molecule has 2 aromatic rings. The van der Waals surface area contributed by atoms with Gasteiger partial charge in [-0.15, -0.1) is 0 Å². The zero-order valence-electron chi connectivity index (χ0n) is 13.9. The number of nitrogens with zero attached hydrogens (tertiary/aromatic N) is 3. The number of aromatic nitrogens is 1. The van der Waals surface area contributed by atoms with E-state index in [-0.39, 0.29) is 0 Å². The van der Waals surface area contributed by atoms with Gasteiger partial charge in [0, 0.05) is 57.0 Å². The summed E-state index contributed by atoms with van der Waals surface area (Å²) in [5.74, 6) is 1.01. The second kappa shape index (κ2) is 5.62. The zero-order chi connectivity index (χ0) is 15.1. The van der Waals surface area contributed by atoms with Crippen LogP contribution in [0.25, 0.3) is 10.9 Å². The lowest BCUT2D eigenvalue weighted by molar-refractivity contribution is 0.248. The van der Waals surface area contributed by atoms with E-state index in [0.717, 1.165) is 12.3 Å². The number of hydrogen-bond donors (Lipinski definition) is 0. The molecule has 0 bridgehead atoms. The van der Waals surface area contributed by atoms with Crippen LogP contribution in [0.15, 0.2) is 24.4 Å². The van der Waals surface area contributed by atoms with Crippen molar-refractivity contribution in [1.29, 1.82) is 0 Å². The number of rotatable bonds is 4. The minimum absolute atomic E-state index is 1.01. The number of anilines is 1. The van der Waals surface area contributed by atoms with Crippen molar-refractivity contribution in [3.63, 3.8) is 0 Å². The van der Waals surface area contributed by atoms with Crippen LogP contribution in [0.4, 0.5) is 5.69 Å². The summed E-state index contributed by atoms with van der Waals surface area (Å²) in [5, 5.41) is 1.42. The van der Waals surface area contributed by atoms with Crippen LogP contribution >= 0.6 is 0 Å². The van der Waals surface area contributed by atoms with Crippen molar-refractivity contribution in [3.05, 3.63) is 30.0 Å². The third-order valence-electron chi connectivity index (χ3n) is 5.39. The van der Waals surface area contributed by atoms with Gasteiger partial charge in [0.05, 0.1) is 5.52 Å². The smallest absolute Gasteiger partial charge is 0.0501 e. The minimum atomic E-state index is 1.01. The van der Waals surface area contributed by atoms with Crippen LogP contribution < -0.4 is 4.90 Å². The van der Waals surface area contributed by atoms with Crippen molar-refractivity contribution < 1.29 is 0 Å². The van der Waals surface area contributed by atoms with E-state index in [2.05, 4.69) is 52.7 Å². The summed E-state index contributed by atoms with van der Waals surface area (Å²) in [5.41, 5.74) is 4.22. The van der Waals surface area contributed by atoms with Crippen LogP contribution in [0.3, 0.4) is 0 Å². The van der Waals surface area contributed by atoms with Crippen LogP contribution in [0.2, 0.25) is 0 Å². The van der Waals surface area contributed by atoms with Crippen molar-refractivity contribution in [1.82, 2.24) is 9.47 Å². The molecule has 0 amide bonds. The summed E-state index contributed by atoms with van der Waals surface area (Å²) in [6, 6.07) is 7.02. The molecule has 2 heterocycles. The third kappa shape index (κ3) is 2.63. The van der Waals surface area contributed by atoms with Crippen molar-refractivity contribution >= 4 is 16.6 Å². The summed E-state index contributed by atoms with van der Waals surface area (Å²) < 4.78 is 2.28. The monoisotopic (exact) mass is 297 g/mol. The van der Waals surface area contributed by atoms with Gasteiger partial charge in [0.15, 0.2) is 0 Å². The fourth-order valence-corrected chi connectivity index (χ4v) is 3.79. The fraction of sp³-hybridized carbons (Fsp3) is 0.579. The first-order valence-electron chi connectivity index (χ1n) is 8.80. The van der Waals surface area contributed by atoms with Gasteiger partial charge in [-0.3, -0.25) is 4.90 Å². The van der Waals surface area contributed by atoms with Crippen molar-refractivity contribution in [2.75, 3.05) is 37.6 Å². The van der Waals surface area contributed by atoms with E-state index in [9.17, 15) is 0 Å². The van der Waals surface area contributed by atoms with Gasteiger partial charge in [-0.1, -0.05) is 13.0 Å². The van der Waals surface area contributed by atoms with Crippen LogP contribution in [0.1, 0.15) is 25.3 Å². The van der Waals surface area contributed by atoms with E-state index in [0.29, 0.717) is 0 Å². The number of fused-ring (bicyclic) bond motifs is 1. The van der Waals surface area contributed by atoms with E-state index in [1.807, 2.05) is 0 Å². The van der Waals surface area contributed by atoms with Crippen LogP contribution in [-0.4, -0.2) is 42.2 Å². The Kier molecular flexibility index (Phi) is 3.61. The molecule has 1 aliphatic heterocycles. The highest BCUT2D eigenvalue weighted by Crippen LogP contribution is 2.31. The molecule has 3 heteroatoms. The summed E-state index contributed by atoms with van der Waals surface area (Å²) >= 11 is 0. The van der Waals surface area contributed by atoms with Gasteiger partial charge < -0.3 is 9.47 Å². The quantitative estimate of drug-likeness (QED) is 0.858. The molecule has 0 unspecified atom stereocenters. The average Bonchev–Trinajstić information content (AvgIpc) is 3.31. The molecule has 1 aliphatic carbocycles. The molecule has 3 nitrogen and oxygen atoms in total. The van der Waals surface area contributed by atoms with Crippen LogP contribution in [0, 0.1) is 5.92 Å². The predicted molar refractivity (Wildman–Crippen MR) is 93.7 cm³/mol. The molecular weight excluding hydrogens is 270 g/mol. The summed E-state index contributed by atoms with van der Waals surface area (Å²) in [7, 11) is 2.17. The van der Waals surface area contributed by atoms with Gasteiger partial charge in [0.1, 0.15) is 0 Å². The fourth-order valence-electron chi connectivity index (χ4n) is 3.79. The van der Waals surface area contributed by atoms with Gasteiger partial charge in [0.2, 0.25) is 0 Å². The zero-order valence-corrected chi connectivity index (χ0v) is 13.9. The molecule has 2 aliphatic rings. The standard InChI is InChI=1S/C19H27N3/c1-3-16-14-20(2)19-12-17(6-7-18(16)19)22-10-8-21(9-11-22)13-15-4-5-15/h6-7,12,14-15H,3-5,8-11,13H2,1-2H3. The van der Waals surface area contributed by atoms with Gasteiger partial charge in [0.25, 0.3) is 0 Å². The lowest BCUT2D eigenvalue weighted by Gasteiger charge is -2.36. The highest BCUT2D eigenvalue weighted by atomic mass is 15.3. The first-order chi connectivity index (χ1) is 10.7. The maximum absolute atomic E-state index is 2.66. The molecule has 118 valence electrons. The first-order valence-corrected chi connectivity index (χ1v) is 8.80. The molecule has 0 radical (unpaired) electrons. The topological polar surface area (TPSA) is 11.4 Å². The van der Waals surface area contributed by atoms with Crippen LogP contribution in [-0.2, 0) is 13.5 Å². The summed E-state index contributed by atoms with van der Waals surface area (Å²) in [6.07, 6.45) is 6.31. The highest BCUT2D eigenvalue weighted by molar-refractivity contribution is 5.87. The number of piperazine rings is 1. The normalized spacial score (nSPS) is 20.0. The number of benzene rings is 1. The molecule has 0 spiro atoms. The lowest BCUT2D eigenvalue weighted by atomic mass is 10.1.